The van der Waals surface area contributed by atoms with Gasteiger partial charge in [0.1, 0.15) is 18.5 Å². The summed E-state index contributed by atoms with van der Waals surface area (Å²) in [7, 11) is 1.95. The van der Waals surface area contributed by atoms with Gasteiger partial charge < -0.3 is 9.47 Å². The largest absolute Gasteiger partial charge is 0.490 e. The van der Waals surface area contributed by atoms with Crippen LogP contribution in [0.3, 0.4) is 0 Å². The van der Waals surface area contributed by atoms with Gasteiger partial charge >= 0.3 is 6.18 Å². The predicted molar refractivity (Wildman–Crippen MR) is 62.1 cm³/mol. The van der Waals surface area contributed by atoms with Gasteiger partial charge in [0, 0.05) is 12.1 Å². The Balaban J connectivity index is 1.99. The van der Waals surface area contributed by atoms with Crippen molar-refractivity contribution in [3.05, 3.63) is 29.3 Å². The summed E-state index contributed by atoms with van der Waals surface area (Å²) in [6, 6.07) is 3.65. The van der Waals surface area contributed by atoms with Gasteiger partial charge in [-0.3, -0.25) is 4.90 Å². The monoisotopic (exact) mass is 273 g/mol. The zero-order chi connectivity index (χ0) is 13.6. The molecule has 0 bridgehead atoms. The molecule has 0 aliphatic carbocycles. The Labute approximate surface area is 108 Å². The Bertz CT molecular complexity index is 489. The Morgan fingerprint density at radius 1 is 1.32 bits per heavy atom. The number of nitrogens with zero attached hydrogens (tertiary/aromatic N) is 1. The van der Waals surface area contributed by atoms with E-state index in [9.17, 15) is 13.2 Å². The maximum Gasteiger partial charge on any atom is 0.416 e. The highest BCUT2D eigenvalue weighted by molar-refractivity contribution is 5.43. The van der Waals surface area contributed by atoms with Crippen LogP contribution in [0.2, 0.25) is 0 Å². The van der Waals surface area contributed by atoms with Crippen LogP contribution in [0.5, 0.6) is 5.75 Å². The Morgan fingerprint density at radius 2 is 2.11 bits per heavy atom. The SMILES string of the molecule is CN1CCO[C@@H]2COc3cc(C(F)(F)F)ccc3[C@@H]21. The van der Waals surface area contributed by atoms with E-state index in [-0.39, 0.29) is 12.1 Å². The number of ether oxygens (including phenoxy) is 2. The fourth-order valence-corrected chi connectivity index (χ4v) is 2.69. The highest BCUT2D eigenvalue weighted by Gasteiger charge is 2.39. The molecular weight excluding hydrogens is 259 g/mol. The highest BCUT2D eigenvalue weighted by atomic mass is 19.4. The van der Waals surface area contributed by atoms with E-state index in [1.54, 1.807) is 0 Å². The van der Waals surface area contributed by atoms with Gasteiger partial charge in [-0.05, 0) is 19.2 Å². The lowest BCUT2D eigenvalue weighted by Crippen LogP contribution is -2.47. The summed E-state index contributed by atoms with van der Waals surface area (Å²) in [5, 5.41) is 0. The lowest BCUT2D eigenvalue weighted by Gasteiger charge is -2.42. The number of halogens is 3. The van der Waals surface area contributed by atoms with Crippen molar-refractivity contribution >= 4 is 0 Å². The molecule has 0 unspecified atom stereocenters. The van der Waals surface area contributed by atoms with E-state index in [4.69, 9.17) is 9.47 Å². The molecule has 3 rings (SSSR count). The van der Waals surface area contributed by atoms with Crippen molar-refractivity contribution in [2.75, 3.05) is 26.8 Å². The van der Waals surface area contributed by atoms with Crippen LogP contribution in [0.25, 0.3) is 0 Å². The molecule has 3 nitrogen and oxygen atoms in total. The summed E-state index contributed by atoms with van der Waals surface area (Å²) < 4.78 is 49.1. The number of likely N-dealkylation sites (N-methyl/N-ethyl adjacent to an activating group) is 1. The molecule has 0 amide bonds. The van der Waals surface area contributed by atoms with E-state index in [0.717, 1.165) is 24.2 Å². The summed E-state index contributed by atoms with van der Waals surface area (Å²) in [5.41, 5.74) is 0.0931. The number of alkyl halides is 3. The van der Waals surface area contributed by atoms with Crippen molar-refractivity contribution in [2.24, 2.45) is 0 Å². The first-order chi connectivity index (χ1) is 8.97. The molecule has 1 aromatic carbocycles. The number of fused-ring (bicyclic) bond motifs is 3. The molecule has 2 atom stereocenters. The van der Waals surface area contributed by atoms with Crippen LogP contribution in [0.4, 0.5) is 13.2 Å². The maximum absolute atomic E-state index is 12.7. The minimum Gasteiger partial charge on any atom is -0.490 e. The minimum absolute atomic E-state index is 0.0280. The van der Waals surface area contributed by atoms with Gasteiger partial charge in [-0.15, -0.1) is 0 Å². The van der Waals surface area contributed by atoms with Crippen LogP contribution in [0, 0.1) is 0 Å². The van der Waals surface area contributed by atoms with Crippen LogP contribution in [0.1, 0.15) is 17.2 Å². The van der Waals surface area contributed by atoms with Crippen LogP contribution < -0.4 is 4.74 Å². The second-order valence-corrected chi connectivity index (χ2v) is 4.90. The van der Waals surface area contributed by atoms with E-state index in [1.807, 2.05) is 7.05 Å². The second kappa shape index (κ2) is 4.38. The Kier molecular flexibility index (Phi) is 2.94. The first kappa shape index (κ1) is 12.7. The lowest BCUT2D eigenvalue weighted by molar-refractivity contribution is -0.138. The van der Waals surface area contributed by atoms with Gasteiger partial charge in [0.05, 0.1) is 18.2 Å². The third kappa shape index (κ3) is 2.19. The third-order valence-corrected chi connectivity index (χ3v) is 3.67. The maximum atomic E-state index is 12.7. The standard InChI is InChI=1S/C13H14F3NO2/c1-17-4-5-18-11-7-19-10-6-8(13(14,15)16)2-3-9(10)12(11)17/h2-3,6,11-12H,4-5,7H2,1H3/t11-,12+/m1/s1. The van der Waals surface area contributed by atoms with E-state index < -0.39 is 11.7 Å². The second-order valence-electron chi connectivity index (χ2n) is 4.90. The number of hydrogen-bond donors (Lipinski definition) is 0. The molecular formula is C13H14F3NO2. The molecule has 0 aromatic heterocycles. The van der Waals surface area contributed by atoms with Gasteiger partial charge in [0.15, 0.2) is 0 Å². The average Bonchev–Trinajstić information content (AvgIpc) is 2.37. The molecule has 1 saturated heterocycles. The van der Waals surface area contributed by atoms with E-state index in [0.29, 0.717) is 19.0 Å². The Morgan fingerprint density at radius 3 is 2.84 bits per heavy atom. The van der Waals surface area contributed by atoms with Gasteiger partial charge in [0.2, 0.25) is 0 Å². The molecule has 6 heteroatoms. The summed E-state index contributed by atoms with van der Waals surface area (Å²) in [4.78, 5) is 2.10. The zero-order valence-electron chi connectivity index (χ0n) is 10.4. The van der Waals surface area contributed by atoms with Gasteiger partial charge in [0.25, 0.3) is 0 Å². The van der Waals surface area contributed by atoms with Gasteiger partial charge in [-0.25, -0.2) is 0 Å². The molecule has 2 heterocycles. The van der Waals surface area contributed by atoms with E-state index in [2.05, 4.69) is 4.90 Å². The van der Waals surface area contributed by atoms with Crippen molar-refractivity contribution < 1.29 is 22.6 Å². The van der Waals surface area contributed by atoms with Crippen molar-refractivity contribution in [1.29, 1.82) is 0 Å². The van der Waals surface area contributed by atoms with Crippen molar-refractivity contribution in [3.8, 4) is 5.75 Å². The summed E-state index contributed by atoms with van der Waals surface area (Å²) >= 11 is 0. The number of morpholine rings is 1. The molecule has 19 heavy (non-hydrogen) atoms. The predicted octanol–water partition coefficient (Wildman–Crippen LogP) is 2.47. The molecule has 0 spiro atoms. The number of hydrogen-bond acceptors (Lipinski definition) is 3. The first-order valence-electron chi connectivity index (χ1n) is 6.12. The highest BCUT2D eigenvalue weighted by Crippen LogP contribution is 2.41. The van der Waals surface area contributed by atoms with Gasteiger partial charge in [-0.2, -0.15) is 13.2 Å². The van der Waals surface area contributed by atoms with Crippen LogP contribution in [-0.2, 0) is 10.9 Å². The fraction of sp³-hybridized carbons (Fsp3) is 0.538. The normalized spacial score (nSPS) is 27.4. The summed E-state index contributed by atoms with van der Waals surface area (Å²) in [6.45, 7) is 1.68. The van der Waals surface area contributed by atoms with Crippen molar-refractivity contribution in [1.82, 2.24) is 4.90 Å². The quantitative estimate of drug-likeness (QED) is 0.725. The summed E-state index contributed by atoms with van der Waals surface area (Å²) in [5.74, 6) is 0.313. The number of benzene rings is 1. The van der Waals surface area contributed by atoms with E-state index >= 15 is 0 Å². The first-order valence-corrected chi connectivity index (χ1v) is 6.12. The molecule has 0 radical (unpaired) electrons. The fourth-order valence-electron chi connectivity index (χ4n) is 2.69. The summed E-state index contributed by atoms with van der Waals surface area (Å²) in [6.07, 6.45) is -4.45. The number of rotatable bonds is 0. The topological polar surface area (TPSA) is 21.7 Å². The lowest BCUT2D eigenvalue weighted by atomic mass is 9.94. The average molecular weight is 273 g/mol. The van der Waals surface area contributed by atoms with E-state index in [1.165, 1.54) is 6.07 Å². The third-order valence-electron chi connectivity index (χ3n) is 3.67. The molecule has 1 fully saturated rings. The Hall–Kier alpha value is -1.27. The van der Waals surface area contributed by atoms with Crippen molar-refractivity contribution in [2.45, 2.75) is 18.3 Å². The van der Waals surface area contributed by atoms with Gasteiger partial charge in [-0.1, -0.05) is 6.07 Å². The molecule has 2 aliphatic heterocycles. The molecule has 1 aromatic rings. The zero-order valence-corrected chi connectivity index (χ0v) is 10.4. The minimum atomic E-state index is -4.34. The molecule has 0 N–H and O–H groups in total. The molecule has 0 saturated carbocycles. The molecule has 104 valence electrons. The van der Waals surface area contributed by atoms with Crippen LogP contribution >= 0.6 is 0 Å². The van der Waals surface area contributed by atoms with Crippen LogP contribution in [-0.4, -0.2) is 37.8 Å². The molecule has 2 aliphatic rings. The van der Waals surface area contributed by atoms with Crippen molar-refractivity contribution in [3.63, 3.8) is 0 Å². The smallest absolute Gasteiger partial charge is 0.416 e. The van der Waals surface area contributed by atoms with Crippen LogP contribution in [0.15, 0.2) is 18.2 Å².